The maximum atomic E-state index is 13.6. The maximum absolute atomic E-state index is 13.6. The molecule has 0 spiro atoms. The zero-order valence-corrected chi connectivity index (χ0v) is 18.8. The zero-order valence-electron chi connectivity index (χ0n) is 17.3. The molecule has 11 heteroatoms. The lowest BCUT2D eigenvalue weighted by Crippen LogP contribution is -2.21. The Morgan fingerprint density at radius 3 is 2.36 bits per heavy atom. The van der Waals surface area contributed by atoms with E-state index < -0.39 is 34.2 Å². The molecule has 3 rings (SSSR count). The molecule has 0 saturated heterocycles. The minimum Gasteiger partial charge on any atom is -0.494 e. The average Bonchev–Trinajstić information content (AvgIpc) is 2.76. The van der Waals surface area contributed by atoms with E-state index in [1.807, 2.05) is 6.92 Å². The molecule has 0 saturated carbocycles. The fraction of sp³-hybridized carbons (Fsp3) is 0.136. The number of benzene rings is 3. The number of rotatable bonds is 9. The van der Waals surface area contributed by atoms with E-state index in [2.05, 4.69) is 10.0 Å². The second kappa shape index (κ2) is 10.5. The number of hydrogen-bond acceptors (Lipinski definition) is 5. The monoisotopic (exact) mass is 496 g/mol. The molecule has 33 heavy (non-hydrogen) atoms. The van der Waals surface area contributed by atoms with Crippen molar-refractivity contribution in [2.45, 2.75) is 11.8 Å². The molecule has 0 radical (unpaired) electrons. The van der Waals surface area contributed by atoms with Gasteiger partial charge in [-0.25, -0.2) is 17.2 Å². The molecule has 0 aromatic heterocycles. The van der Waals surface area contributed by atoms with Crippen LogP contribution in [0.4, 0.5) is 20.2 Å². The van der Waals surface area contributed by atoms with E-state index in [1.165, 1.54) is 18.2 Å². The van der Waals surface area contributed by atoms with Crippen LogP contribution in [0, 0.1) is 11.6 Å². The first kappa shape index (κ1) is 24.3. The summed E-state index contributed by atoms with van der Waals surface area (Å²) >= 11 is 6.11. The molecule has 0 bridgehead atoms. The van der Waals surface area contributed by atoms with Gasteiger partial charge in [-0.05, 0) is 61.5 Å². The topological polar surface area (TPSA) is 93.7 Å². The molecule has 7 nitrogen and oxygen atoms in total. The number of sulfonamides is 1. The fourth-order valence-electron chi connectivity index (χ4n) is 2.69. The number of hydrogen-bond donors (Lipinski definition) is 2. The number of carbonyl (C=O) groups excluding carboxylic acids is 1. The zero-order chi connectivity index (χ0) is 24.0. The van der Waals surface area contributed by atoms with Gasteiger partial charge in [-0.15, -0.1) is 0 Å². The Hall–Kier alpha value is -3.37. The summed E-state index contributed by atoms with van der Waals surface area (Å²) in [5, 5.41) is 2.19. The highest BCUT2D eigenvalue weighted by atomic mass is 35.5. The SMILES string of the molecule is CCOc1ccc(NS(=O)(=O)c2ccc(OCC(=O)Nc3ccc(F)cc3F)c(Cl)c2)cc1. The molecule has 174 valence electrons. The van der Waals surface area contributed by atoms with Crippen molar-refractivity contribution in [1.82, 2.24) is 0 Å². The molecule has 0 aliphatic heterocycles. The van der Waals surface area contributed by atoms with Gasteiger partial charge in [0.05, 0.1) is 22.2 Å². The highest BCUT2D eigenvalue weighted by Crippen LogP contribution is 2.29. The molecular weight excluding hydrogens is 478 g/mol. The Morgan fingerprint density at radius 1 is 1.00 bits per heavy atom. The summed E-state index contributed by atoms with van der Waals surface area (Å²) in [5.74, 6) is -1.77. The quantitative estimate of drug-likeness (QED) is 0.442. The molecule has 1 amide bonds. The van der Waals surface area contributed by atoms with E-state index in [0.717, 1.165) is 12.1 Å². The van der Waals surface area contributed by atoms with Gasteiger partial charge in [0, 0.05) is 11.8 Å². The van der Waals surface area contributed by atoms with Crippen LogP contribution < -0.4 is 19.5 Å². The fourth-order valence-corrected chi connectivity index (χ4v) is 4.07. The summed E-state index contributed by atoms with van der Waals surface area (Å²) in [6.07, 6.45) is 0. The van der Waals surface area contributed by atoms with Crippen LogP contribution in [0.5, 0.6) is 11.5 Å². The normalized spacial score (nSPS) is 11.0. The van der Waals surface area contributed by atoms with Crippen molar-refractivity contribution in [3.63, 3.8) is 0 Å². The van der Waals surface area contributed by atoms with Gasteiger partial charge < -0.3 is 14.8 Å². The van der Waals surface area contributed by atoms with Crippen molar-refractivity contribution in [2.75, 3.05) is 23.3 Å². The van der Waals surface area contributed by atoms with E-state index in [-0.39, 0.29) is 21.4 Å². The van der Waals surface area contributed by atoms with Crippen LogP contribution in [-0.4, -0.2) is 27.5 Å². The summed E-state index contributed by atoms with van der Waals surface area (Å²) in [6, 6.07) is 12.8. The molecule has 0 aliphatic rings. The number of nitrogens with one attached hydrogen (secondary N) is 2. The molecule has 0 atom stereocenters. The van der Waals surface area contributed by atoms with Crippen molar-refractivity contribution < 1.29 is 31.5 Å². The standard InChI is InChI=1S/C22H19ClF2N2O5S/c1-2-31-16-6-4-15(5-7-16)27-33(29,30)17-8-10-21(18(23)12-17)32-13-22(28)26-20-9-3-14(24)11-19(20)25/h3-12,27H,2,13H2,1H3,(H,26,28). The molecule has 0 fully saturated rings. The van der Waals surface area contributed by atoms with Crippen LogP contribution in [0.1, 0.15) is 6.92 Å². The van der Waals surface area contributed by atoms with E-state index in [1.54, 1.807) is 24.3 Å². The second-order valence-corrected chi connectivity index (χ2v) is 8.71. The number of carbonyl (C=O) groups is 1. The highest BCUT2D eigenvalue weighted by Gasteiger charge is 2.17. The summed E-state index contributed by atoms with van der Waals surface area (Å²) in [4.78, 5) is 11.9. The van der Waals surface area contributed by atoms with Crippen LogP contribution in [0.2, 0.25) is 5.02 Å². The molecule has 0 unspecified atom stereocenters. The van der Waals surface area contributed by atoms with Crippen molar-refractivity contribution in [1.29, 1.82) is 0 Å². The highest BCUT2D eigenvalue weighted by molar-refractivity contribution is 7.92. The molecule has 3 aromatic rings. The van der Waals surface area contributed by atoms with E-state index in [4.69, 9.17) is 21.1 Å². The van der Waals surface area contributed by atoms with Crippen LogP contribution in [0.25, 0.3) is 0 Å². The first-order chi connectivity index (χ1) is 15.7. The van der Waals surface area contributed by atoms with Crippen molar-refractivity contribution >= 4 is 38.9 Å². The van der Waals surface area contributed by atoms with Crippen molar-refractivity contribution in [2.24, 2.45) is 0 Å². The number of amides is 1. The smallest absolute Gasteiger partial charge is 0.262 e. The summed E-state index contributed by atoms with van der Waals surface area (Å²) in [5.41, 5.74) is 0.123. The predicted molar refractivity (Wildman–Crippen MR) is 120 cm³/mol. The van der Waals surface area contributed by atoms with Gasteiger partial charge in [0.25, 0.3) is 15.9 Å². The minimum absolute atomic E-state index is 0.0476. The third kappa shape index (κ3) is 6.56. The third-order valence-corrected chi connectivity index (χ3v) is 5.87. The largest absolute Gasteiger partial charge is 0.494 e. The molecule has 0 aliphatic carbocycles. The van der Waals surface area contributed by atoms with Gasteiger partial charge in [0.2, 0.25) is 0 Å². The Bertz CT molecular complexity index is 1250. The predicted octanol–water partition coefficient (Wildman–Crippen LogP) is 4.84. The molecule has 2 N–H and O–H groups in total. The van der Waals surface area contributed by atoms with Gasteiger partial charge in [0.15, 0.2) is 6.61 Å². The van der Waals surface area contributed by atoms with Gasteiger partial charge in [-0.2, -0.15) is 0 Å². The number of halogens is 3. The average molecular weight is 497 g/mol. The summed E-state index contributed by atoms with van der Waals surface area (Å²) < 4.78 is 64.9. The molecular formula is C22H19ClF2N2O5S. The summed E-state index contributed by atoms with van der Waals surface area (Å²) in [7, 11) is -3.94. The summed E-state index contributed by atoms with van der Waals surface area (Å²) in [6.45, 7) is 1.79. The third-order valence-electron chi connectivity index (χ3n) is 4.20. The van der Waals surface area contributed by atoms with Crippen LogP contribution in [-0.2, 0) is 14.8 Å². The van der Waals surface area contributed by atoms with E-state index in [0.29, 0.717) is 24.1 Å². The molecule has 0 heterocycles. The van der Waals surface area contributed by atoms with Gasteiger partial charge in [-0.1, -0.05) is 11.6 Å². The van der Waals surface area contributed by atoms with Crippen molar-refractivity contribution in [3.8, 4) is 11.5 Å². The number of anilines is 2. The first-order valence-corrected chi connectivity index (χ1v) is 11.5. The van der Waals surface area contributed by atoms with E-state index in [9.17, 15) is 22.0 Å². The second-order valence-electron chi connectivity index (χ2n) is 6.62. The molecule has 3 aromatic carbocycles. The Balaban J connectivity index is 1.63. The van der Waals surface area contributed by atoms with Crippen LogP contribution in [0.3, 0.4) is 0 Å². The van der Waals surface area contributed by atoms with E-state index >= 15 is 0 Å². The lowest BCUT2D eigenvalue weighted by Gasteiger charge is -2.12. The minimum atomic E-state index is -3.94. The Morgan fingerprint density at radius 2 is 1.73 bits per heavy atom. The van der Waals surface area contributed by atoms with Gasteiger partial charge in [0.1, 0.15) is 23.1 Å². The van der Waals surface area contributed by atoms with Gasteiger partial charge in [-0.3, -0.25) is 9.52 Å². The number of ether oxygens (including phenoxy) is 2. The first-order valence-electron chi connectivity index (χ1n) is 9.61. The van der Waals surface area contributed by atoms with Crippen molar-refractivity contribution in [3.05, 3.63) is 77.3 Å². The Kier molecular flexibility index (Phi) is 7.72. The lowest BCUT2D eigenvalue weighted by atomic mass is 10.3. The lowest BCUT2D eigenvalue weighted by molar-refractivity contribution is -0.118. The Labute approximate surface area is 194 Å². The van der Waals surface area contributed by atoms with Gasteiger partial charge >= 0.3 is 0 Å². The van der Waals surface area contributed by atoms with Crippen LogP contribution >= 0.6 is 11.6 Å². The van der Waals surface area contributed by atoms with Crippen LogP contribution in [0.15, 0.2) is 65.6 Å². The maximum Gasteiger partial charge on any atom is 0.262 e.